The van der Waals surface area contributed by atoms with E-state index in [4.69, 9.17) is 9.84 Å². The highest BCUT2D eigenvalue weighted by molar-refractivity contribution is 7.15. The van der Waals surface area contributed by atoms with Crippen molar-refractivity contribution in [1.82, 2.24) is 9.88 Å². The molecule has 112 valence electrons. The summed E-state index contributed by atoms with van der Waals surface area (Å²) in [5, 5.41) is 9.84. The topological polar surface area (TPSA) is 62.7 Å². The number of aromatic nitrogens is 1. The molecule has 0 amide bonds. The number of ether oxygens (including phenoxy) is 1. The van der Waals surface area contributed by atoms with E-state index in [0.29, 0.717) is 12.2 Å². The maximum absolute atomic E-state index is 11.0. The van der Waals surface area contributed by atoms with Crippen LogP contribution in [0.3, 0.4) is 0 Å². The molecule has 6 heteroatoms. The minimum absolute atomic E-state index is 0.0519. The molecular weight excluding hydrogens is 288 g/mol. The Morgan fingerprint density at radius 2 is 2.19 bits per heavy atom. The Kier molecular flexibility index (Phi) is 4.93. The minimum Gasteiger partial charge on any atom is -0.497 e. The Labute approximate surface area is 127 Å². The fourth-order valence-electron chi connectivity index (χ4n) is 1.96. The Morgan fingerprint density at radius 1 is 1.43 bits per heavy atom. The number of benzene rings is 1. The number of aliphatic carboxylic acids is 1. The highest BCUT2D eigenvalue weighted by Gasteiger charge is 2.16. The second-order valence-electron chi connectivity index (χ2n) is 4.93. The lowest BCUT2D eigenvalue weighted by molar-refractivity contribution is -0.136. The van der Waals surface area contributed by atoms with E-state index in [1.54, 1.807) is 7.11 Å². The molecule has 0 saturated carbocycles. The number of thiazole rings is 1. The molecular formula is C15H18N2O3S. The molecule has 0 atom stereocenters. The van der Waals surface area contributed by atoms with Crippen molar-refractivity contribution in [2.75, 3.05) is 21.2 Å². The van der Waals surface area contributed by atoms with Gasteiger partial charge in [0, 0.05) is 17.0 Å². The second-order valence-corrected chi connectivity index (χ2v) is 6.01. The summed E-state index contributed by atoms with van der Waals surface area (Å²) in [5.74, 6) is -0.103. The Hall–Kier alpha value is -1.92. The van der Waals surface area contributed by atoms with Gasteiger partial charge in [-0.15, -0.1) is 11.3 Å². The zero-order valence-electron chi connectivity index (χ0n) is 12.3. The third kappa shape index (κ3) is 4.03. The van der Waals surface area contributed by atoms with Crippen molar-refractivity contribution in [3.05, 3.63) is 34.8 Å². The number of hydrogen-bond acceptors (Lipinski definition) is 5. The predicted octanol–water partition coefficient (Wildman–Crippen LogP) is 2.51. The normalized spacial score (nSPS) is 10.9. The van der Waals surface area contributed by atoms with E-state index in [0.717, 1.165) is 21.2 Å². The molecule has 21 heavy (non-hydrogen) atoms. The van der Waals surface area contributed by atoms with E-state index in [9.17, 15) is 4.79 Å². The SMILES string of the molecule is COc1cccc(-c2nc(CC(=O)O)c(CN(C)C)s2)c1. The summed E-state index contributed by atoms with van der Waals surface area (Å²) in [6.07, 6.45) is -0.0519. The zero-order chi connectivity index (χ0) is 15.4. The van der Waals surface area contributed by atoms with E-state index < -0.39 is 5.97 Å². The van der Waals surface area contributed by atoms with Crippen molar-refractivity contribution in [3.8, 4) is 16.3 Å². The smallest absolute Gasteiger partial charge is 0.309 e. The van der Waals surface area contributed by atoms with Gasteiger partial charge in [-0.3, -0.25) is 4.79 Å². The van der Waals surface area contributed by atoms with E-state index in [1.807, 2.05) is 43.3 Å². The first-order valence-corrected chi connectivity index (χ1v) is 7.30. The molecule has 1 N–H and O–H groups in total. The van der Waals surface area contributed by atoms with Crippen LogP contribution >= 0.6 is 11.3 Å². The second kappa shape index (κ2) is 6.69. The van der Waals surface area contributed by atoms with Crippen LogP contribution in [-0.2, 0) is 17.8 Å². The Balaban J connectivity index is 2.39. The van der Waals surface area contributed by atoms with E-state index >= 15 is 0 Å². The van der Waals surface area contributed by atoms with Crippen LogP contribution in [0.25, 0.3) is 10.6 Å². The van der Waals surface area contributed by atoms with Gasteiger partial charge in [0.15, 0.2) is 0 Å². The van der Waals surface area contributed by atoms with Crippen molar-refractivity contribution in [2.45, 2.75) is 13.0 Å². The summed E-state index contributed by atoms with van der Waals surface area (Å²) in [4.78, 5) is 18.5. The first-order chi connectivity index (χ1) is 9.99. The van der Waals surface area contributed by atoms with Gasteiger partial charge in [0.05, 0.1) is 19.2 Å². The molecule has 1 aromatic heterocycles. The van der Waals surface area contributed by atoms with Crippen LogP contribution in [0.4, 0.5) is 0 Å². The fraction of sp³-hybridized carbons (Fsp3) is 0.333. The lowest BCUT2D eigenvalue weighted by Crippen LogP contribution is -2.12. The number of nitrogens with zero attached hydrogens (tertiary/aromatic N) is 2. The van der Waals surface area contributed by atoms with Gasteiger partial charge < -0.3 is 14.7 Å². The van der Waals surface area contributed by atoms with Crippen LogP contribution in [0.2, 0.25) is 0 Å². The average molecular weight is 306 g/mol. The molecule has 0 radical (unpaired) electrons. The summed E-state index contributed by atoms with van der Waals surface area (Å²) < 4.78 is 5.22. The molecule has 0 aliphatic rings. The average Bonchev–Trinajstić information content (AvgIpc) is 2.80. The molecule has 0 unspecified atom stereocenters. The number of carboxylic acids is 1. The molecule has 1 aromatic carbocycles. The highest BCUT2D eigenvalue weighted by atomic mass is 32.1. The van der Waals surface area contributed by atoms with Gasteiger partial charge in [-0.25, -0.2) is 4.98 Å². The van der Waals surface area contributed by atoms with Gasteiger partial charge in [0.1, 0.15) is 10.8 Å². The van der Waals surface area contributed by atoms with Crippen molar-refractivity contribution in [1.29, 1.82) is 0 Å². The van der Waals surface area contributed by atoms with Crippen molar-refractivity contribution in [2.24, 2.45) is 0 Å². The molecule has 2 rings (SSSR count). The minimum atomic E-state index is -0.863. The van der Waals surface area contributed by atoms with Gasteiger partial charge in [-0.2, -0.15) is 0 Å². The molecule has 5 nitrogen and oxygen atoms in total. The summed E-state index contributed by atoms with van der Waals surface area (Å²) in [7, 11) is 5.53. The number of carboxylic acid groups (broad SMARTS) is 1. The number of rotatable bonds is 6. The molecule has 0 saturated heterocycles. The van der Waals surface area contributed by atoms with Crippen LogP contribution in [0, 0.1) is 0 Å². The number of carbonyl (C=O) groups is 1. The molecule has 0 aliphatic carbocycles. The van der Waals surface area contributed by atoms with Crippen molar-refractivity contribution >= 4 is 17.3 Å². The number of methoxy groups -OCH3 is 1. The van der Waals surface area contributed by atoms with E-state index in [1.165, 1.54) is 11.3 Å². The molecule has 0 bridgehead atoms. The van der Waals surface area contributed by atoms with Crippen molar-refractivity contribution < 1.29 is 14.6 Å². The molecule has 0 spiro atoms. The summed E-state index contributed by atoms with van der Waals surface area (Å²) in [5.41, 5.74) is 1.58. The van der Waals surface area contributed by atoms with Crippen LogP contribution in [-0.4, -0.2) is 42.2 Å². The fourth-order valence-corrected chi connectivity index (χ4v) is 3.15. The summed E-state index contributed by atoms with van der Waals surface area (Å²) >= 11 is 1.53. The predicted molar refractivity (Wildman–Crippen MR) is 82.8 cm³/mol. The molecule has 0 aliphatic heterocycles. The lowest BCUT2D eigenvalue weighted by atomic mass is 10.2. The Morgan fingerprint density at radius 3 is 2.81 bits per heavy atom. The monoisotopic (exact) mass is 306 g/mol. The summed E-state index contributed by atoms with van der Waals surface area (Å²) in [6, 6.07) is 7.63. The number of hydrogen-bond donors (Lipinski definition) is 1. The van der Waals surface area contributed by atoms with E-state index in [2.05, 4.69) is 4.98 Å². The van der Waals surface area contributed by atoms with E-state index in [-0.39, 0.29) is 6.42 Å². The third-order valence-corrected chi connectivity index (χ3v) is 4.00. The molecule has 0 fully saturated rings. The first kappa shape index (κ1) is 15.5. The first-order valence-electron chi connectivity index (χ1n) is 6.49. The lowest BCUT2D eigenvalue weighted by Gasteiger charge is -2.07. The van der Waals surface area contributed by atoms with Gasteiger partial charge in [-0.05, 0) is 26.2 Å². The Bertz CT molecular complexity index is 638. The quantitative estimate of drug-likeness (QED) is 0.888. The standard InChI is InChI=1S/C15H18N2O3S/c1-17(2)9-13-12(8-14(18)19)16-15(21-13)10-5-4-6-11(7-10)20-3/h4-7H,8-9H2,1-3H3,(H,18,19). The maximum atomic E-state index is 11.0. The van der Waals surface area contributed by atoms with Gasteiger partial charge >= 0.3 is 5.97 Å². The molecule has 2 aromatic rings. The van der Waals surface area contributed by atoms with Crippen LogP contribution < -0.4 is 4.74 Å². The third-order valence-electron chi connectivity index (χ3n) is 2.87. The molecule has 1 heterocycles. The van der Waals surface area contributed by atoms with Gasteiger partial charge in [-0.1, -0.05) is 12.1 Å². The highest BCUT2D eigenvalue weighted by Crippen LogP contribution is 2.31. The maximum Gasteiger partial charge on any atom is 0.309 e. The summed E-state index contributed by atoms with van der Waals surface area (Å²) in [6.45, 7) is 0.685. The van der Waals surface area contributed by atoms with Crippen molar-refractivity contribution in [3.63, 3.8) is 0 Å². The largest absolute Gasteiger partial charge is 0.497 e. The zero-order valence-corrected chi connectivity index (χ0v) is 13.1. The van der Waals surface area contributed by atoms with Crippen LogP contribution in [0.1, 0.15) is 10.6 Å². The van der Waals surface area contributed by atoms with Crippen LogP contribution in [0.15, 0.2) is 24.3 Å². The van der Waals surface area contributed by atoms with Crippen LogP contribution in [0.5, 0.6) is 5.75 Å². The van der Waals surface area contributed by atoms with Gasteiger partial charge in [0.25, 0.3) is 0 Å². The van der Waals surface area contributed by atoms with Gasteiger partial charge in [0.2, 0.25) is 0 Å².